The minimum absolute atomic E-state index is 0.0557. The van der Waals surface area contributed by atoms with Gasteiger partial charge in [-0.3, -0.25) is 13.6 Å². The summed E-state index contributed by atoms with van der Waals surface area (Å²) in [4.78, 5) is 8.17. The number of hydrogen-bond donors (Lipinski definition) is 1. The summed E-state index contributed by atoms with van der Waals surface area (Å²) >= 11 is 0. The number of hydrogen-bond acceptors (Lipinski definition) is 1. The van der Waals surface area contributed by atoms with Crippen molar-refractivity contribution in [1.82, 2.24) is 4.98 Å². The van der Waals surface area contributed by atoms with Gasteiger partial charge in [-0.2, -0.15) is 0 Å². The molecule has 0 saturated heterocycles. The SMILES string of the molecule is CC1=NC(=C(CB(F)F)c2[nH]c(C)c(C(C)(C)C)c2C)C(C)=C1C(C)(C)C. The number of H-pyrrole nitrogens is 1. The Morgan fingerprint density at radius 3 is 1.89 bits per heavy atom. The highest BCUT2D eigenvalue weighted by Gasteiger charge is 2.33. The average molecular weight is 374 g/mol. The van der Waals surface area contributed by atoms with Gasteiger partial charge in [0.15, 0.2) is 0 Å². The molecule has 1 aliphatic heterocycles. The van der Waals surface area contributed by atoms with Gasteiger partial charge in [0.25, 0.3) is 0 Å². The maximum atomic E-state index is 13.5. The van der Waals surface area contributed by atoms with Crippen molar-refractivity contribution >= 4 is 18.6 Å². The number of aromatic nitrogens is 1. The van der Waals surface area contributed by atoms with E-state index in [1.807, 2.05) is 27.7 Å². The van der Waals surface area contributed by atoms with Crippen LogP contribution in [-0.2, 0) is 5.41 Å². The Morgan fingerprint density at radius 2 is 1.52 bits per heavy atom. The first kappa shape index (κ1) is 21.7. The van der Waals surface area contributed by atoms with Crippen molar-refractivity contribution in [3.63, 3.8) is 0 Å². The van der Waals surface area contributed by atoms with E-state index in [1.165, 1.54) is 5.56 Å². The fourth-order valence-electron chi connectivity index (χ4n) is 4.74. The molecule has 0 aliphatic carbocycles. The molecular formula is C22H33BF2N2. The summed E-state index contributed by atoms with van der Waals surface area (Å²) in [6.45, 7) is 20.9. The van der Waals surface area contributed by atoms with Gasteiger partial charge in [-0.25, -0.2) is 0 Å². The third kappa shape index (κ3) is 4.12. The Morgan fingerprint density at radius 1 is 0.963 bits per heavy atom. The van der Waals surface area contributed by atoms with Crippen LogP contribution in [-0.4, -0.2) is 18.0 Å². The van der Waals surface area contributed by atoms with E-state index in [9.17, 15) is 8.63 Å². The third-order valence-electron chi connectivity index (χ3n) is 5.26. The maximum absolute atomic E-state index is 13.5. The molecule has 148 valence electrons. The lowest BCUT2D eigenvalue weighted by molar-refractivity contribution is 0.522. The normalized spacial score (nSPS) is 17.6. The lowest BCUT2D eigenvalue weighted by Gasteiger charge is -2.22. The van der Waals surface area contributed by atoms with Gasteiger partial charge in [-0.1, -0.05) is 41.5 Å². The number of nitrogens with zero attached hydrogens (tertiary/aromatic N) is 1. The van der Waals surface area contributed by atoms with E-state index in [2.05, 4.69) is 46.5 Å². The third-order valence-corrected chi connectivity index (χ3v) is 5.26. The van der Waals surface area contributed by atoms with Crippen LogP contribution in [0.2, 0.25) is 6.32 Å². The molecule has 27 heavy (non-hydrogen) atoms. The van der Waals surface area contributed by atoms with Crippen molar-refractivity contribution < 1.29 is 8.63 Å². The van der Waals surface area contributed by atoms with Crippen molar-refractivity contribution in [2.24, 2.45) is 10.4 Å². The van der Waals surface area contributed by atoms with Gasteiger partial charge in [0.1, 0.15) is 0 Å². The van der Waals surface area contributed by atoms with Crippen molar-refractivity contribution in [1.29, 1.82) is 0 Å². The molecule has 0 saturated carbocycles. The van der Waals surface area contributed by atoms with Crippen LogP contribution >= 0.6 is 0 Å². The number of rotatable bonds is 3. The molecule has 0 spiro atoms. The fraction of sp³-hybridized carbons (Fsp3) is 0.591. The molecule has 2 nitrogen and oxygen atoms in total. The molecule has 2 heterocycles. The topological polar surface area (TPSA) is 28.1 Å². The number of aliphatic imine (C=N–C) groups is 1. The van der Waals surface area contributed by atoms with E-state index in [0.29, 0.717) is 11.3 Å². The molecule has 0 aromatic carbocycles. The second-order valence-corrected chi connectivity index (χ2v) is 9.74. The highest BCUT2D eigenvalue weighted by molar-refractivity contribution is 6.45. The minimum Gasteiger partial charge on any atom is -0.358 e. The molecule has 1 aromatic rings. The molecule has 1 N–H and O–H groups in total. The number of aryl methyl sites for hydroxylation is 1. The van der Waals surface area contributed by atoms with Gasteiger partial charge in [0.05, 0.1) is 5.70 Å². The zero-order valence-corrected chi connectivity index (χ0v) is 18.5. The summed E-state index contributed by atoms with van der Waals surface area (Å²) in [5.74, 6) is 0. The molecule has 0 unspecified atom stereocenters. The Hall–Kier alpha value is -1.65. The molecule has 0 radical (unpaired) electrons. The highest BCUT2D eigenvalue weighted by Crippen LogP contribution is 2.43. The summed E-state index contributed by atoms with van der Waals surface area (Å²) in [6, 6.07) is 0. The summed E-state index contributed by atoms with van der Waals surface area (Å²) in [6.07, 6.45) is -0.300. The van der Waals surface area contributed by atoms with E-state index in [-0.39, 0.29) is 17.2 Å². The zero-order valence-electron chi connectivity index (χ0n) is 18.5. The van der Waals surface area contributed by atoms with Crippen LogP contribution in [0, 0.1) is 19.3 Å². The van der Waals surface area contributed by atoms with Gasteiger partial charge >= 0.3 is 7.27 Å². The van der Waals surface area contributed by atoms with Crippen LogP contribution in [0.5, 0.6) is 0 Å². The van der Waals surface area contributed by atoms with Crippen LogP contribution in [0.25, 0.3) is 5.57 Å². The molecule has 0 amide bonds. The van der Waals surface area contributed by atoms with Crippen molar-refractivity contribution in [2.45, 2.75) is 81.0 Å². The number of halogens is 2. The van der Waals surface area contributed by atoms with Crippen LogP contribution in [0.15, 0.2) is 21.8 Å². The molecule has 0 fully saturated rings. The molecule has 1 aromatic heterocycles. The Bertz CT molecular complexity index is 841. The summed E-state index contributed by atoms with van der Waals surface area (Å²) in [5, 5.41) is 0. The van der Waals surface area contributed by atoms with Crippen LogP contribution < -0.4 is 0 Å². The Labute approximate surface area is 163 Å². The van der Waals surface area contributed by atoms with E-state index >= 15 is 0 Å². The Balaban J connectivity index is 2.81. The molecule has 0 bridgehead atoms. The van der Waals surface area contributed by atoms with Crippen LogP contribution in [0.3, 0.4) is 0 Å². The zero-order chi connectivity index (χ0) is 20.9. The second kappa shape index (κ2) is 7.07. The van der Waals surface area contributed by atoms with Gasteiger partial charge < -0.3 is 4.98 Å². The lowest BCUT2D eigenvalue weighted by atomic mass is 9.78. The second-order valence-electron chi connectivity index (χ2n) is 9.74. The van der Waals surface area contributed by atoms with Crippen LogP contribution in [0.4, 0.5) is 8.63 Å². The van der Waals surface area contributed by atoms with E-state index in [1.54, 1.807) is 0 Å². The molecule has 1 aliphatic rings. The molecule has 2 rings (SSSR count). The first-order chi connectivity index (χ1) is 12.2. The summed E-state index contributed by atoms with van der Waals surface area (Å²) in [7, 11) is -2.42. The maximum Gasteiger partial charge on any atom is 0.542 e. The van der Waals surface area contributed by atoms with Crippen molar-refractivity contribution in [3.8, 4) is 0 Å². The monoisotopic (exact) mass is 374 g/mol. The van der Waals surface area contributed by atoms with E-state index in [0.717, 1.165) is 33.8 Å². The van der Waals surface area contributed by atoms with Gasteiger partial charge in [-0.05, 0) is 60.8 Å². The average Bonchev–Trinajstić information content (AvgIpc) is 2.91. The fourth-order valence-corrected chi connectivity index (χ4v) is 4.74. The highest BCUT2D eigenvalue weighted by atomic mass is 19.2. The smallest absolute Gasteiger partial charge is 0.358 e. The number of allylic oxidation sites excluding steroid dienone is 3. The van der Waals surface area contributed by atoms with Crippen molar-refractivity contribution in [2.75, 3.05) is 0 Å². The predicted molar refractivity (Wildman–Crippen MR) is 114 cm³/mol. The van der Waals surface area contributed by atoms with E-state index < -0.39 is 7.27 Å². The molecular weight excluding hydrogens is 341 g/mol. The quantitative estimate of drug-likeness (QED) is 0.557. The number of aromatic amines is 1. The minimum atomic E-state index is -2.42. The summed E-state index contributed by atoms with van der Waals surface area (Å²) in [5.41, 5.74) is 8.39. The standard InChI is InChI=1S/C22H33BF2N2/c1-12-17(21(5,6)7)14(3)26-19(12)16(11-23(24)25)20-13(2)18(15(4)27-20)22(8,9)10/h26H,11H2,1-10H3. The molecule has 0 atom stereocenters. The summed E-state index contributed by atoms with van der Waals surface area (Å²) < 4.78 is 27.1. The van der Waals surface area contributed by atoms with Gasteiger partial charge in [0, 0.05) is 29.0 Å². The van der Waals surface area contributed by atoms with Gasteiger partial charge in [-0.15, -0.1) is 0 Å². The van der Waals surface area contributed by atoms with E-state index in [4.69, 9.17) is 4.99 Å². The van der Waals surface area contributed by atoms with Gasteiger partial charge in [0.2, 0.25) is 0 Å². The number of nitrogens with one attached hydrogen (secondary N) is 1. The predicted octanol–water partition coefficient (Wildman–Crippen LogP) is 6.90. The molecule has 5 heteroatoms. The first-order valence-corrected chi connectivity index (χ1v) is 9.65. The Kier molecular flexibility index (Phi) is 5.67. The van der Waals surface area contributed by atoms with Crippen molar-refractivity contribution in [3.05, 3.63) is 39.4 Å². The lowest BCUT2D eigenvalue weighted by Crippen LogP contribution is -2.15. The largest absolute Gasteiger partial charge is 0.542 e. The first-order valence-electron chi connectivity index (χ1n) is 9.65. The van der Waals surface area contributed by atoms with Crippen LogP contribution in [0.1, 0.15) is 77.9 Å².